The average Bonchev–Trinajstić information content (AvgIpc) is 2.97. The van der Waals surface area contributed by atoms with Crippen molar-refractivity contribution in [3.63, 3.8) is 0 Å². The first-order valence-electron chi connectivity index (χ1n) is 7.49. The van der Waals surface area contributed by atoms with Crippen LogP contribution in [0.1, 0.15) is 5.56 Å². The van der Waals surface area contributed by atoms with Gasteiger partial charge in [0, 0.05) is 10.0 Å². The Balaban J connectivity index is 1.65. The summed E-state index contributed by atoms with van der Waals surface area (Å²) in [5.41, 5.74) is 2.76. The Morgan fingerprint density at radius 2 is 1.92 bits per heavy atom. The molecule has 0 spiro atoms. The standard InChI is InChI=1S/C17H16BrN5OS/c1-11-6-8-12(9-7-11)16-21-22-17(23(16)19)25-10-15(24)20-14-5-3-2-4-13(14)18/h2-9H,10,19H2,1H3,(H,20,24). The summed E-state index contributed by atoms with van der Waals surface area (Å²) in [5.74, 6) is 6.67. The van der Waals surface area contributed by atoms with Crippen LogP contribution in [0.5, 0.6) is 0 Å². The van der Waals surface area contributed by atoms with Gasteiger partial charge in [-0.1, -0.05) is 53.7 Å². The topological polar surface area (TPSA) is 85.8 Å². The molecule has 0 saturated heterocycles. The number of aryl methyl sites for hydroxylation is 1. The van der Waals surface area contributed by atoms with E-state index in [0.29, 0.717) is 11.0 Å². The molecule has 3 N–H and O–H groups in total. The molecule has 6 nitrogen and oxygen atoms in total. The molecule has 25 heavy (non-hydrogen) atoms. The van der Waals surface area contributed by atoms with Gasteiger partial charge in [0.15, 0.2) is 5.82 Å². The molecule has 128 valence electrons. The number of aromatic nitrogens is 3. The van der Waals surface area contributed by atoms with Crippen molar-refractivity contribution >= 4 is 39.3 Å². The quantitative estimate of drug-likeness (QED) is 0.490. The van der Waals surface area contributed by atoms with Gasteiger partial charge < -0.3 is 11.2 Å². The Morgan fingerprint density at radius 3 is 2.64 bits per heavy atom. The number of carbonyl (C=O) groups excluding carboxylic acids is 1. The average molecular weight is 418 g/mol. The zero-order chi connectivity index (χ0) is 17.8. The number of carbonyl (C=O) groups is 1. The molecular weight excluding hydrogens is 402 g/mol. The molecule has 0 unspecified atom stereocenters. The van der Waals surface area contributed by atoms with Gasteiger partial charge in [-0.05, 0) is 35.0 Å². The maximum absolute atomic E-state index is 12.1. The van der Waals surface area contributed by atoms with Crippen LogP contribution in [0.15, 0.2) is 58.2 Å². The molecule has 3 aromatic rings. The largest absolute Gasteiger partial charge is 0.335 e. The number of hydrogen-bond donors (Lipinski definition) is 2. The number of nitrogen functional groups attached to an aromatic ring is 1. The number of nitrogens with two attached hydrogens (primary N) is 1. The molecule has 0 aliphatic carbocycles. The van der Waals surface area contributed by atoms with E-state index in [1.54, 1.807) is 0 Å². The zero-order valence-electron chi connectivity index (χ0n) is 13.4. The molecule has 0 radical (unpaired) electrons. The lowest BCUT2D eigenvalue weighted by molar-refractivity contribution is -0.113. The molecule has 0 saturated carbocycles. The highest BCUT2D eigenvalue weighted by molar-refractivity contribution is 9.10. The summed E-state index contributed by atoms with van der Waals surface area (Å²) in [6, 6.07) is 15.3. The highest BCUT2D eigenvalue weighted by Crippen LogP contribution is 2.24. The summed E-state index contributed by atoms with van der Waals surface area (Å²) >= 11 is 4.63. The lowest BCUT2D eigenvalue weighted by Gasteiger charge is -2.07. The molecule has 2 aromatic carbocycles. The molecule has 1 aromatic heterocycles. The van der Waals surface area contributed by atoms with Crippen molar-refractivity contribution in [2.24, 2.45) is 0 Å². The van der Waals surface area contributed by atoms with Crippen molar-refractivity contribution in [2.45, 2.75) is 12.1 Å². The lowest BCUT2D eigenvalue weighted by Crippen LogP contribution is -2.16. The SMILES string of the molecule is Cc1ccc(-c2nnc(SCC(=O)Nc3ccccc3Br)n2N)cc1. The van der Waals surface area contributed by atoms with Crippen molar-refractivity contribution in [3.05, 3.63) is 58.6 Å². The third-order valence-corrected chi connectivity index (χ3v) is 5.09. The predicted octanol–water partition coefficient (Wildman–Crippen LogP) is 3.46. The van der Waals surface area contributed by atoms with E-state index in [2.05, 4.69) is 31.4 Å². The Morgan fingerprint density at radius 1 is 1.20 bits per heavy atom. The van der Waals surface area contributed by atoms with Gasteiger partial charge in [0.2, 0.25) is 11.1 Å². The van der Waals surface area contributed by atoms with Crippen LogP contribution in [0.3, 0.4) is 0 Å². The minimum atomic E-state index is -0.142. The van der Waals surface area contributed by atoms with Gasteiger partial charge >= 0.3 is 0 Å². The summed E-state index contributed by atoms with van der Waals surface area (Å²) in [7, 11) is 0. The number of nitrogens with zero attached hydrogens (tertiary/aromatic N) is 3. The molecule has 0 fully saturated rings. The molecule has 3 rings (SSSR count). The van der Waals surface area contributed by atoms with Gasteiger partial charge in [0.25, 0.3) is 0 Å². The van der Waals surface area contributed by atoms with Crippen molar-refractivity contribution in [3.8, 4) is 11.4 Å². The number of anilines is 1. The molecule has 0 aliphatic rings. The Kier molecular flexibility index (Phi) is 5.40. The zero-order valence-corrected chi connectivity index (χ0v) is 15.8. The second-order valence-corrected chi connectivity index (χ2v) is 7.16. The van der Waals surface area contributed by atoms with Crippen LogP contribution >= 0.6 is 27.7 Å². The number of benzene rings is 2. The number of amides is 1. The van der Waals surface area contributed by atoms with E-state index in [-0.39, 0.29) is 11.7 Å². The second kappa shape index (κ2) is 7.71. The lowest BCUT2D eigenvalue weighted by atomic mass is 10.1. The summed E-state index contributed by atoms with van der Waals surface area (Å²) in [5, 5.41) is 11.5. The number of thioether (sulfide) groups is 1. The fraction of sp³-hybridized carbons (Fsp3) is 0.118. The van der Waals surface area contributed by atoms with Crippen molar-refractivity contribution in [1.82, 2.24) is 14.9 Å². The minimum Gasteiger partial charge on any atom is -0.335 e. The maximum Gasteiger partial charge on any atom is 0.234 e. The van der Waals surface area contributed by atoms with Gasteiger partial charge in [0.05, 0.1) is 11.4 Å². The fourth-order valence-electron chi connectivity index (χ4n) is 2.15. The summed E-state index contributed by atoms with van der Waals surface area (Å²) in [6.45, 7) is 2.02. The van der Waals surface area contributed by atoms with E-state index in [0.717, 1.165) is 21.3 Å². The van der Waals surface area contributed by atoms with Crippen LogP contribution in [-0.4, -0.2) is 26.5 Å². The highest BCUT2D eigenvalue weighted by Gasteiger charge is 2.14. The Hall–Kier alpha value is -2.32. The van der Waals surface area contributed by atoms with E-state index in [4.69, 9.17) is 5.84 Å². The third kappa shape index (κ3) is 4.21. The number of hydrogen-bond acceptors (Lipinski definition) is 5. The number of para-hydroxylation sites is 1. The third-order valence-electron chi connectivity index (χ3n) is 3.45. The predicted molar refractivity (Wildman–Crippen MR) is 104 cm³/mol. The van der Waals surface area contributed by atoms with Crippen molar-refractivity contribution in [1.29, 1.82) is 0 Å². The molecule has 0 atom stereocenters. The molecule has 1 heterocycles. The van der Waals surface area contributed by atoms with Crippen LogP contribution in [0.4, 0.5) is 5.69 Å². The van der Waals surface area contributed by atoms with Gasteiger partial charge in [-0.3, -0.25) is 4.79 Å². The molecule has 0 bridgehead atoms. The normalized spacial score (nSPS) is 10.6. The highest BCUT2D eigenvalue weighted by atomic mass is 79.9. The van der Waals surface area contributed by atoms with Gasteiger partial charge in [0.1, 0.15) is 0 Å². The fourth-order valence-corrected chi connectivity index (χ4v) is 3.19. The molecule has 8 heteroatoms. The Bertz CT molecular complexity index is 894. The molecule has 0 aliphatic heterocycles. The van der Waals surface area contributed by atoms with Gasteiger partial charge in [-0.2, -0.15) is 0 Å². The van der Waals surface area contributed by atoms with E-state index < -0.39 is 0 Å². The van der Waals surface area contributed by atoms with Gasteiger partial charge in [-0.15, -0.1) is 10.2 Å². The van der Waals surface area contributed by atoms with E-state index >= 15 is 0 Å². The minimum absolute atomic E-state index is 0.142. The second-order valence-electron chi connectivity index (χ2n) is 5.36. The van der Waals surface area contributed by atoms with Crippen LogP contribution in [-0.2, 0) is 4.79 Å². The van der Waals surface area contributed by atoms with E-state index in [1.165, 1.54) is 16.4 Å². The monoisotopic (exact) mass is 417 g/mol. The smallest absolute Gasteiger partial charge is 0.234 e. The summed E-state index contributed by atoms with van der Waals surface area (Å²) < 4.78 is 2.23. The van der Waals surface area contributed by atoms with Crippen molar-refractivity contribution in [2.75, 3.05) is 16.9 Å². The first-order chi connectivity index (χ1) is 12.0. The summed E-state index contributed by atoms with van der Waals surface area (Å²) in [6.07, 6.45) is 0. The van der Waals surface area contributed by atoms with Crippen LogP contribution in [0.25, 0.3) is 11.4 Å². The van der Waals surface area contributed by atoms with Crippen LogP contribution < -0.4 is 11.2 Å². The number of nitrogens with one attached hydrogen (secondary N) is 1. The number of rotatable bonds is 5. The van der Waals surface area contributed by atoms with Gasteiger partial charge in [-0.25, -0.2) is 4.68 Å². The molecule has 1 amide bonds. The summed E-state index contributed by atoms with van der Waals surface area (Å²) in [4.78, 5) is 12.1. The number of halogens is 1. The van der Waals surface area contributed by atoms with Crippen molar-refractivity contribution < 1.29 is 4.79 Å². The maximum atomic E-state index is 12.1. The van der Waals surface area contributed by atoms with Crippen LogP contribution in [0.2, 0.25) is 0 Å². The molecular formula is C17H16BrN5OS. The first kappa shape index (κ1) is 17.5. The van der Waals surface area contributed by atoms with Crippen LogP contribution in [0, 0.1) is 6.92 Å². The van der Waals surface area contributed by atoms with E-state index in [1.807, 2.05) is 55.5 Å². The van der Waals surface area contributed by atoms with E-state index in [9.17, 15) is 4.79 Å². The first-order valence-corrected chi connectivity index (χ1v) is 9.27. The Labute approximate surface area is 157 Å².